The molecule has 5 aliphatic rings. The summed E-state index contributed by atoms with van der Waals surface area (Å²) in [6.45, 7) is 7.74. The predicted octanol–water partition coefficient (Wildman–Crippen LogP) is 4.30. The van der Waals surface area contributed by atoms with Gasteiger partial charge in [-0.05, 0) is 56.6 Å². The maximum absolute atomic E-state index is 13.6. The first-order valence-electron chi connectivity index (χ1n) is 15.4. The van der Waals surface area contributed by atoms with E-state index in [1.807, 2.05) is 52.0 Å². The van der Waals surface area contributed by atoms with Gasteiger partial charge in [0.15, 0.2) is 6.10 Å². The van der Waals surface area contributed by atoms with Crippen molar-refractivity contribution in [3.8, 4) is 0 Å². The van der Waals surface area contributed by atoms with E-state index in [-0.39, 0.29) is 47.2 Å². The van der Waals surface area contributed by atoms with Crippen molar-refractivity contribution in [2.75, 3.05) is 7.11 Å². The van der Waals surface area contributed by atoms with Crippen LogP contribution in [-0.2, 0) is 33.3 Å². The van der Waals surface area contributed by atoms with Crippen LogP contribution >= 0.6 is 12.2 Å². The van der Waals surface area contributed by atoms with Gasteiger partial charge in [-0.25, -0.2) is 9.59 Å². The molecule has 44 heavy (non-hydrogen) atoms. The third kappa shape index (κ3) is 5.09. The smallest absolute Gasteiger partial charge is 0.335 e. The average molecular weight is 624 g/mol. The van der Waals surface area contributed by atoms with Crippen molar-refractivity contribution in [1.29, 1.82) is 0 Å². The molecule has 1 N–H and O–H groups in total. The molecule has 3 heterocycles. The van der Waals surface area contributed by atoms with Crippen LogP contribution in [0.25, 0.3) is 0 Å². The van der Waals surface area contributed by atoms with Gasteiger partial charge in [-0.3, -0.25) is 4.57 Å². The van der Waals surface area contributed by atoms with Gasteiger partial charge in [-0.1, -0.05) is 50.3 Å². The van der Waals surface area contributed by atoms with Gasteiger partial charge in [-0.15, -0.1) is 0 Å². The number of esters is 2. The topological polar surface area (TPSA) is 105 Å². The van der Waals surface area contributed by atoms with Crippen LogP contribution < -0.4 is 0 Å². The van der Waals surface area contributed by atoms with E-state index in [2.05, 4.69) is 18.2 Å². The fraction of sp³-hybridized carbons (Fsp3) is 0.559. The maximum Gasteiger partial charge on any atom is 0.335 e. The molecule has 2 fully saturated rings. The molecule has 1 saturated heterocycles. The second-order valence-electron chi connectivity index (χ2n) is 12.8. The highest BCUT2D eigenvalue weighted by Gasteiger charge is 2.69. The van der Waals surface area contributed by atoms with Gasteiger partial charge in [0.1, 0.15) is 30.0 Å². The highest BCUT2D eigenvalue weighted by atomic mass is 32.1. The van der Waals surface area contributed by atoms with E-state index in [1.165, 1.54) is 7.11 Å². The number of carbonyl (C=O) groups excluding carboxylic acids is 2. The van der Waals surface area contributed by atoms with Crippen LogP contribution in [0.5, 0.6) is 0 Å². The van der Waals surface area contributed by atoms with Crippen LogP contribution in [0.15, 0.2) is 72.1 Å². The largest absolute Gasteiger partial charge is 0.463 e. The Morgan fingerprint density at radius 2 is 1.98 bits per heavy atom. The Labute approximate surface area is 263 Å². The molecule has 0 amide bonds. The van der Waals surface area contributed by atoms with Crippen molar-refractivity contribution in [1.82, 2.24) is 4.57 Å². The summed E-state index contributed by atoms with van der Waals surface area (Å²) in [4.78, 5) is 26.7. The Kier molecular flexibility index (Phi) is 8.47. The van der Waals surface area contributed by atoms with Gasteiger partial charge in [0.05, 0.1) is 6.10 Å². The van der Waals surface area contributed by atoms with Crippen LogP contribution in [0.2, 0.25) is 0 Å². The molecule has 1 aromatic heterocycles. The number of aromatic nitrogens is 1. The zero-order chi connectivity index (χ0) is 31.3. The summed E-state index contributed by atoms with van der Waals surface area (Å²) >= 11 is 5.50. The number of aliphatic hydroxyl groups excluding tert-OH is 1. The van der Waals surface area contributed by atoms with Crippen LogP contribution in [0.3, 0.4) is 0 Å². The number of hydrogen-bond donors (Lipinski definition) is 1. The summed E-state index contributed by atoms with van der Waals surface area (Å²) in [6.07, 6.45) is 12.1. The summed E-state index contributed by atoms with van der Waals surface area (Å²) in [5.74, 6) is -2.30. The van der Waals surface area contributed by atoms with Crippen molar-refractivity contribution in [2.45, 2.75) is 82.8 Å². The maximum atomic E-state index is 13.6. The molecule has 2 aliphatic heterocycles. The zero-order valence-corrected chi connectivity index (χ0v) is 26.5. The Balaban J connectivity index is 1.35. The minimum atomic E-state index is -0.940. The number of cyclic esters (lactones) is 1. The minimum absolute atomic E-state index is 0.169. The van der Waals surface area contributed by atoms with E-state index < -0.39 is 48.2 Å². The summed E-state index contributed by atoms with van der Waals surface area (Å²) in [5.41, 5.74) is 0.575. The molecule has 0 aromatic carbocycles. The van der Waals surface area contributed by atoms with Crippen LogP contribution in [0, 0.1) is 29.6 Å². The third-order valence-corrected chi connectivity index (χ3v) is 10.5. The Hall–Kier alpha value is -3.05. The van der Waals surface area contributed by atoms with Crippen molar-refractivity contribution in [3.05, 3.63) is 72.1 Å². The second-order valence-corrected chi connectivity index (χ2v) is 13.1. The fourth-order valence-electron chi connectivity index (χ4n) is 8.03. The monoisotopic (exact) mass is 623 g/mol. The van der Waals surface area contributed by atoms with E-state index in [9.17, 15) is 14.7 Å². The van der Waals surface area contributed by atoms with Crippen LogP contribution in [-0.4, -0.2) is 76.1 Å². The number of ether oxygens (including phenoxy) is 5. The van der Waals surface area contributed by atoms with Gasteiger partial charge >= 0.3 is 11.9 Å². The normalized spacial score (nSPS) is 41.1. The Morgan fingerprint density at radius 3 is 2.66 bits per heavy atom. The average Bonchev–Trinajstić information content (AvgIpc) is 3.76. The van der Waals surface area contributed by atoms with Gasteiger partial charge in [0.25, 0.3) is 5.17 Å². The summed E-state index contributed by atoms with van der Waals surface area (Å²) in [5, 5.41) is 12.2. The molecule has 9 nitrogen and oxygen atoms in total. The second kappa shape index (κ2) is 12.0. The van der Waals surface area contributed by atoms with Gasteiger partial charge in [0.2, 0.25) is 0 Å². The van der Waals surface area contributed by atoms with Gasteiger partial charge in [0, 0.05) is 54.7 Å². The lowest BCUT2D eigenvalue weighted by molar-refractivity contribution is -0.172. The molecular formula is C34H41NO8S. The highest BCUT2D eigenvalue weighted by Crippen LogP contribution is 2.61. The molecule has 1 aromatic rings. The van der Waals surface area contributed by atoms with Crippen LogP contribution in [0.4, 0.5) is 0 Å². The van der Waals surface area contributed by atoms with Crippen molar-refractivity contribution in [3.63, 3.8) is 0 Å². The lowest BCUT2D eigenvalue weighted by Crippen LogP contribution is -2.57. The lowest BCUT2D eigenvalue weighted by Gasteiger charge is -2.49. The SMILES string of the molecule is CO[C@@H]1C[C@H]2C=CC3C4C(O)[C@@H](C)[C@@H](OC(=O)C5=CC=CC5)[C@@H]3O[C@]42/C(C)=C/[C@@H](C)C(C(C)OC(=S)n2cccc2)OC1=O. The molecule has 236 valence electrons. The number of allylic oxidation sites excluding steroid dienone is 3. The van der Waals surface area contributed by atoms with E-state index in [0.29, 0.717) is 12.0 Å². The number of carbonyl (C=O) groups is 2. The van der Waals surface area contributed by atoms with E-state index >= 15 is 0 Å². The Morgan fingerprint density at radius 1 is 1.23 bits per heavy atom. The fourth-order valence-corrected chi connectivity index (χ4v) is 8.30. The molecule has 12 atom stereocenters. The summed E-state index contributed by atoms with van der Waals surface area (Å²) in [7, 11) is 1.49. The molecule has 5 unspecified atom stereocenters. The van der Waals surface area contributed by atoms with Crippen molar-refractivity contribution < 1.29 is 38.4 Å². The first kappa shape index (κ1) is 31.0. The minimum Gasteiger partial charge on any atom is -0.463 e. The molecule has 10 heteroatoms. The molecule has 1 spiro atoms. The van der Waals surface area contributed by atoms with Gasteiger partial charge in [-0.2, -0.15) is 0 Å². The molecule has 1 saturated carbocycles. The molecule has 6 rings (SSSR count). The molecule has 3 aliphatic carbocycles. The first-order chi connectivity index (χ1) is 21.1. The van der Waals surface area contributed by atoms with Crippen molar-refractivity contribution in [2.24, 2.45) is 29.6 Å². The highest BCUT2D eigenvalue weighted by molar-refractivity contribution is 7.80. The first-order valence-corrected chi connectivity index (χ1v) is 15.8. The number of aliphatic hydroxyl groups is 1. The van der Waals surface area contributed by atoms with E-state index in [0.717, 1.165) is 5.57 Å². The summed E-state index contributed by atoms with van der Waals surface area (Å²) < 4.78 is 32.7. The molecule has 4 bridgehead atoms. The summed E-state index contributed by atoms with van der Waals surface area (Å²) in [6, 6.07) is 3.70. The quantitative estimate of drug-likeness (QED) is 0.292. The number of hydrogen-bond acceptors (Lipinski definition) is 9. The number of methoxy groups -OCH3 is 1. The van der Waals surface area contributed by atoms with E-state index in [1.54, 1.807) is 23.0 Å². The van der Waals surface area contributed by atoms with Gasteiger partial charge < -0.3 is 28.8 Å². The lowest BCUT2D eigenvalue weighted by atomic mass is 9.57. The number of rotatable bonds is 5. The van der Waals surface area contributed by atoms with E-state index in [4.69, 9.17) is 35.9 Å². The number of thiocarbonyl (C=S) groups is 1. The Bertz CT molecular complexity index is 1410. The standard InChI is InChI=1S/C34H41NO8S/c1-18-16-19(2)34-23(17-25(39-5)32(38)41-28(18)21(4)40-33(44)35-14-8-9-15-35)12-13-24-26(34)27(36)20(3)29(30(24)43-34)42-31(37)22-10-6-7-11-22/h6-10,12-16,18,20-21,23-30,36H,11,17H2,1-5H3/b19-16+/t18-,20-,21?,23-,24?,25-,26?,27?,28?,29-,30-,34+/m1/s1. The van der Waals surface area contributed by atoms with Crippen LogP contribution in [0.1, 0.15) is 40.5 Å². The predicted molar refractivity (Wildman–Crippen MR) is 165 cm³/mol. The number of nitrogens with zero attached hydrogens (tertiary/aromatic N) is 1. The zero-order valence-electron chi connectivity index (χ0n) is 25.7. The third-order valence-electron chi connectivity index (χ3n) is 10.2. The molecule has 0 radical (unpaired) electrons. The molecular weight excluding hydrogens is 582 g/mol. The van der Waals surface area contributed by atoms with Crippen molar-refractivity contribution >= 4 is 29.3 Å².